The minimum Gasteiger partial charge on any atom is -0.505 e. The fourth-order valence-electron chi connectivity index (χ4n) is 2.07. The van der Waals surface area contributed by atoms with Crippen molar-refractivity contribution in [3.63, 3.8) is 0 Å². The normalized spacial score (nSPS) is 16.1. The Morgan fingerprint density at radius 3 is 1.77 bits per heavy atom. The van der Waals surface area contributed by atoms with Crippen molar-refractivity contribution in [3.8, 4) is 0 Å². The minimum atomic E-state index is -3.93. The molecule has 0 aliphatic heterocycles. The molecule has 0 heterocycles. The van der Waals surface area contributed by atoms with Gasteiger partial charge in [-0.25, -0.2) is 4.57 Å². The Hall–Kier alpha value is -0.536. The Balaban J connectivity index is 5.99. The molecule has 0 aromatic carbocycles. The van der Waals surface area contributed by atoms with Crippen LogP contribution in [0.25, 0.3) is 4.98 Å². The molecule has 0 bridgehead atoms. The van der Waals surface area contributed by atoms with E-state index in [2.05, 4.69) is 72.7 Å². The van der Waals surface area contributed by atoms with Crippen molar-refractivity contribution in [1.29, 1.82) is 5.39 Å². The molecule has 0 spiro atoms. The van der Waals surface area contributed by atoms with Gasteiger partial charge in [-0.05, 0) is 36.3 Å². The number of hydrogen-bond acceptors (Lipinski definition) is 7. The maximum absolute atomic E-state index is 12.6. The van der Waals surface area contributed by atoms with Gasteiger partial charge in [0.1, 0.15) is 0 Å². The van der Waals surface area contributed by atoms with Gasteiger partial charge in [0.25, 0.3) is 0 Å². The zero-order valence-electron chi connectivity index (χ0n) is 20.8. The molecule has 0 amide bonds. The van der Waals surface area contributed by atoms with Gasteiger partial charge in [0.15, 0.2) is 21.6 Å². The van der Waals surface area contributed by atoms with Gasteiger partial charge in [-0.3, -0.25) is 0 Å². The molecule has 1 unspecified atom stereocenters. The third-order valence-corrected chi connectivity index (χ3v) is 17.1. The SMILES string of the molecule is COP(=O)(OC)C([N+]#N)=C(O)CC(CO[Si](C)(C)C(C)(C)C)O[Si](C)(C)C(C)(C)C. The number of diazo groups is 1. The molecule has 0 aliphatic carbocycles. The molecule has 0 saturated heterocycles. The van der Waals surface area contributed by atoms with Gasteiger partial charge < -0.3 is 23.0 Å². The lowest BCUT2D eigenvalue weighted by molar-refractivity contribution is 0.0979. The number of aliphatic hydroxyl groups excluding tert-OH is 1. The summed E-state index contributed by atoms with van der Waals surface area (Å²) in [4.78, 5) is 2.99. The highest BCUT2D eigenvalue weighted by atomic mass is 31.2. The van der Waals surface area contributed by atoms with Crippen LogP contribution in [-0.4, -0.2) is 48.7 Å². The summed E-state index contributed by atoms with van der Waals surface area (Å²) >= 11 is 0. The van der Waals surface area contributed by atoms with Gasteiger partial charge in [-0.15, -0.1) is 0 Å². The zero-order chi connectivity index (χ0) is 24.2. The van der Waals surface area contributed by atoms with Crippen molar-refractivity contribution < 1.29 is 27.6 Å². The Morgan fingerprint density at radius 2 is 1.43 bits per heavy atom. The van der Waals surface area contributed by atoms with Gasteiger partial charge in [-0.1, -0.05) is 41.5 Å². The molecular formula is C19H42N2O6PSi2+. The largest absolute Gasteiger partial charge is 0.507 e. The molecule has 0 saturated carbocycles. The van der Waals surface area contributed by atoms with Gasteiger partial charge >= 0.3 is 13.0 Å². The number of nitrogens with zero attached hydrogens (tertiary/aromatic N) is 2. The predicted molar refractivity (Wildman–Crippen MR) is 126 cm³/mol. The van der Waals surface area contributed by atoms with Crippen LogP contribution >= 0.6 is 7.60 Å². The molecule has 0 radical (unpaired) electrons. The molecule has 11 heteroatoms. The molecule has 0 rings (SSSR count). The van der Waals surface area contributed by atoms with Gasteiger partial charge in [0, 0.05) is 20.6 Å². The third-order valence-electron chi connectivity index (χ3n) is 6.22. The highest BCUT2D eigenvalue weighted by Crippen LogP contribution is 2.56. The maximum atomic E-state index is 12.6. The molecule has 30 heavy (non-hydrogen) atoms. The second kappa shape index (κ2) is 10.4. The Morgan fingerprint density at radius 1 is 1.00 bits per heavy atom. The first kappa shape index (κ1) is 29.5. The molecule has 0 aromatic heterocycles. The van der Waals surface area contributed by atoms with Gasteiger partial charge in [-0.2, -0.15) is 0 Å². The lowest BCUT2D eigenvalue weighted by Gasteiger charge is -2.41. The summed E-state index contributed by atoms with van der Waals surface area (Å²) in [5.74, 6) is -0.410. The second-order valence-electron chi connectivity index (χ2n) is 10.5. The van der Waals surface area contributed by atoms with E-state index < -0.39 is 41.5 Å². The minimum absolute atomic E-state index is 0.0137. The number of hydrogen-bond donors (Lipinski definition) is 1. The van der Waals surface area contributed by atoms with Gasteiger partial charge in [0.05, 0.1) is 12.7 Å². The van der Waals surface area contributed by atoms with Crippen LogP contribution < -0.4 is 0 Å². The molecular weight excluding hydrogens is 439 g/mol. The fraction of sp³-hybridized carbons (Fsp3) is 0.895. The maximum Gasteiger partial charge on any atom is 0.507 e. The number of rotatable bonds is 10. The van der Waals surface area contributed by atoms with E-state index in [4.69, 9.17) is 17.9 Å². The average molecular weight is 482 g/mol. The molecule has 1 N–H and O–H groups in total. The van der Waals surface area contributed by atoms with Crippen LogP contribution in [0.4, 0.5) is 0 Å². The van der Waals surface area contributed by atoms with Crippen LogP contribution in [0.15, 0.2) is 11.2 Å². The van der Waals surface area contributed by atoms with E-state index in [9.17, 15) is 15.1 Å². The van der Waals surface area contributed by atoms with Crippen molar-refractivity contribution in [1.82, 2.24) is 0 Å². The monoisotopic (exact) mass is 481 g/mol. The molecule has 8 nitrogen and oxygen atoms in total. The van der Waals surface area contributed by atoms with E-state index in [1.54, 1.807) is 0 Å². The molecule has 1 atom stereocenters. The van der Waals surface area contributed by atoms with E-state index in [-0.39, 0.29) is 23.1 Å². The summed E-state index contributed by atoms with van der Waals surface area (Å²) in [6.45, 7) is 21.6. The van der Waals surface area contributed by atoms with Crippen molar-refractivity contribution >= 4 is 24.2 Å². The highest BCUT2D eigenvalue weighted by molar-refractivity contribution is 7.58. The zero-order valence-corrected chi connectivity index (χ0v) is 23.7. The van der Waals surface area contributed by atoms with Crippen LogP contribution in [0, 0.1) is 5.39 Å². The summed E-state index contributed by atoms with van der Waals surface area (Å²) in [6.07, 6.45) is -0.559. The topological polar surface area (TPSA) is 102 Å². The first-order chi connectivity index (χ1) is 13.3. The molecule has 0 aromatic rings. The standard InChI is InChI=1S/C19H41N2O6PSi2/c1-18(2,3)29(9,10)26-14-15(27-30(11,12)19(4,5)6)13-16(22)17(21-20)28(23,24-7)25-8/h15H,13-14H2,1-12H3/p+1. The third kappa shape index (κ3) is 7.55. The van der Waals surface area contributed by atoms with Gasteiger partial charge in [0.2, 0.25) is 11.2 Å². The van der Waals surface area contributed by atoms with E-state index in [0.29, 0.717) is 0 Å². The molecule has 0 aliphatic rings. The fourth-order valence-corrected chi connectivity index (χ4v) is 5.46. The first-order valence-electron chi connectivity index (χ1n) is 10.1. The van der Waals surface area contributed by atoms with Crippen LogP contribution in [0.3, 0.4) is 0 Å². The molecule has 0 fully saturated rings. The van der Waals surface area contributed by atoms with Crippen LogP contribution in [-0.2, 0) is 22.5 Å². The average Bonchev–Trinajstić information content (AvgIpc) is 2.57. The van der Waals surface area contributed by atoms with Crippen LogP contribution in [0.5, 0.6) is 0 Å². The van der Waals surface area contributed by atoms with Crippen molar-refractivity contribution in [2.45, 2.75) is 90.3 Å². The lowest BCUT2D eigenvalue weighted by Crippen LogP contribution is -2.48. The van der Waals surface area contributed by atoms with Crippen LogP contribution in [0.2, 0.25) is 36.3 Å². The van der Waals surface area contributed by atoms with E-state index in [1.165, 1.54) is 0 Å². The Kier molecular flexibility index (Phi) is 10.2. The number of aliphatic hydroxyl groups is 1. The summed E-state index contributed by atoms with van der Waals surface area (Å²) < 4.78 is 35.2. The summed E-state index contributed by atoms with van der Waals surface area (Å²) in [7, 11) is -5.88. The quantitative estimate of drug-likeness (QED) is 0.157. The van der Waals surface area contributed by atoms with Crippen molar-refractivity contribution in [3.05, 3.63) is 16.2 Å². The van der Waals surface area contributed by atoms with E-state index >= 15 is 0 Å². The Bertz CT molecular complexity index is 697. The van der Waals surface area contributed by atoms with E-state index in [1.807, 2.05) is 0 Å². The smallest absolute Gasteiger partial charge is 0.505 e. The predicted octanol–water partition coefficient (Wildman–Crippen LogP) is 6.85. The highest BCUT2D eigenvalue weighted by Gasteiger charge is 2.46. The van der Waals surface area contributed by atoms with Crippen molar-refractivity contribution in [2.24, 2.45) is 0 Å². The van der Waals surface area contributed by atoms with E-state index in [0.717, 1.165) is 14.2 Å². The lowest BCUT2D eigenvalue weighted by atomic mass is 10.2. The summed E-state index contributed by atoms with van der Waals surface area (Å²) in [5.41, 5.74) is -0.524. The summed E-state index contributed by atoms with van der Waals surface area (Å²) in [6, 6.07) is 0. The van der Waals surface area contributed by atoms with Crippen LogP contribution in [0.1, 0.15) is 48.0 Å². The Labute approximate surface area is 184 Å². The molecule has 176 valence electrons. The second-order valence-corrected chi connectivity index (χ2v) is 22.2. The summed E-state index contributed by atoms with van der Waals surface area (Å²) in [5, 5.41) is 20.0. The van der Waals surface area contributed by atoms with Crippen molar-refractivity contribution in [2.75, 3.05) is 20.8 Å². The first-order valence-corrected chi connectivity index (χ1v) is 17.4.